The minimum atomic E-state index is -0.375. The van der Waals surface area contributed by atoms with Crippen molar-refractivity contribution in [3.05, 3.63) is 148 Å². The quantitative estimate of drug-likeness (QED) is 0.204. The number of fused-ring (bicyclic) bond motifs is 9. The van der Waals surface area contributed by atoms with Crippen molar-refractivity contribution in [3.8, 4) is 11.4 Å². The lowest BCUT2D eigenvalue weighted by Gasteiger charge is -2.08. The molecule has 5 aromatic carbocycles. The fraction of sp³-hybridized carbons (Fsp3) is 0.0750. The summed E-state index contributed by atoms with van der Waals surface area (Å²) >= 11 is 0. The molecule has 4 heterocycles. The van der Waals surface area contributed by atoms with Crippen LogP contribution in [0.2, 0.25) is 0 Å². The van der Waals surface area contributed by atoms with Crippen LogP contribution >= 0.6 is 0 Å². The zero-order valence-corrected chi connectivity index (χ0v) is 25.2. The summed E-state index contributed by atoms with van der Waals surface area (Å²) in [7, 11) is 0. The van der Waals surface area contributed by atoms with Gasteiger partial charge in [0.05, 0.1) is 28.3 Å². The molecule has 0 unspecified atom stereocenters. The van der Waals surface area contributed by atoms with Crippen molar-refractivity contribution in [2.75, 3.05) is 0 Å². The lowest BCUT2D eigenvalue weighted by molar-refractivity contribution is 0.669. The minimum absolute atomic E-state index is 0.316. The van der Waals surface area contributed by atoms with Gasteiger partial charge in [-0.3, -0.25) is 14.6 Å². The van der Waals surface area contributed by atoms with Gasteiger partial charge in [-0.15, -0.1) is 0 Å². The molecule has 0 amide bonds. The highest BCUT2D eigenvalue weighted by Crippen LogP contribution is 2.37. The number of aromatic nitrogens is 3. The highest BCUT2D eigenvalue weighted by atomic mass is 16.3. The van der Waals surface area contributed by atoms with Gasteiger partial charge < -0.3 is 8.98 Å². The van der Waals surface area contributed by atoms with E-state index in [2.05, 4.69) is 29.5 Å². The molecule has 0 fully saturated rings. The van der Waals surface area contributed by atoms with Crippen LogP contribution in [0.1, 0.15) is 25.3 Å². The van der Waals surface area contributed by atoms with E-state index in [9.17, 15) is 9.59 Å². The van der Waals surface area contributed by atoms with Gasteiger partial charge in [0.2, 0.25) is 0 Å². The molecule has 220 valence electrons. The lowest BCUT2D eigenvalue weighted by atomic mass is 10.0. The van der Waals surface area contributed by atoms with Crippen molar-refractivity contribution in [2.45, 2.75) is 19.8 Å². The number of benzene rings is 5. The molecular weight excluding hydrogens is 570 g/mol. The second-order valence-corrected chi connectivity index (χ2v) is 12.2. The van der Waals surface area contributed by atoms with Crippen LogP contribution in [0.15, 0.2) is 136 Å². The molecule has 0 atom stereocenters. The number of hydrogen-bond acceptors (Lipinski definition) is 4. The fourth-order valence-corrected chi connectivity index (χ4v) is 6.91. The highest BCUT2D eigenvalue weighted by molar-refractivity contribution is 6.20. The summed E-state index contributed by atoms with van der Waals surface area (Å²) in [6, 6.07) is 35.4. The standard InChI is InChI=1S/C40H27N3O3/c1-23(2)24-12-14-26(15-13-24)43-39(44)33-19-32-28-10-6-7-11-37(28)46-38(32)21-30(33)29-18-31-27-16-17-41-22-36(27)42(25-8-4-3-5-9-25)35(31)20-34(29)40(43)45/h3-23H,1-2H3. The molecule has 9 aromatic rings. The lowest BCUT2D eigenvalue weighted by Crippen LogP contribution is -2.28. The monoisotopic (exact) mass is 597 g/mol. The first kappa shape index (κ1) is 26.4. The molecule has 0 radical (unpaired) electrons. The van der Waals surface area contributed by atoms with Crippen molar-refractivity contribution in [1.82, 2.24) is 14.1 Å². The Hall–Kier alpha value is -6.01. The van der Waals surface area contributed by atoms with E-state index < -0.39 is 0 Å². The van der Waals surface area contributed by atoms with E-state index in [4.69, 9.17) is 4.42 Å². The van der Waals surface area contributed by atoms with Crippen LogP contribution < -0.4 is 11.1 Å². The molecule has 46 heavy (non-hydrogen) atoms. The van der Waals surface area contributed by atoms with Gasteiger partial charge in [-0.25, -0.2) is 4.57 Å². The van der Waals surface area contributed by atoms with E-state index in [1.165, 1.54) is 4.57 Å². The molecular formula is C40H27N3O3. The molecule has 0 aliphatic carbocycles. The first-order valence-corrected chi connectivity index (χ1v) is 15.4. The Morgan fingerprint density at radius 1 is 0.543 bits per heavy atom. The number of para-hydroxylation sites is 2. The molecule has 0 bridgehead atoms. The van der Waals surface area contributed by atoms with Gasteiger partial charge in [0.25, 0.3) is 11.1 Å². The zero-order valence-electron chi connectivity index (χ0n) is 25.2. The summed E-state index contributed by atoms with van der Waals surface area (Å²) in [4.78, 5) is 33.8. The number of hydrogen-bond donors (Lipinski definition) is 0. The summed E-state index contributed by atoms with van der Waals surface area (Å²) in [5.41, 5.74) is 5.08. The predicted molar refractivity (Wildman–Crippen MR) is 187 cm³/mol. The van der Waals surface area contributed by atoms with Gasteiger partial charge in [0.1, 0.15) is 11.2 Å². The van der Waals surface area contributed by atoms with E-state index in [0.29, 0.717) is 38.7 Å². The van der Waals surface area contributed by atoms with Gasteiger partial charge in [-0.1, -0.05) is 62.4 Å². The van der Waals surface area contributed by atoms with Gasteiger partial charge in [-0.2, -0.15) is 0 Å². The molecule has 6 nitrogen and oxygen atoms in total. The average Bonchev–Trinajstić information content (AvgIpc) is 3.60. The van der Waals surface area contributed by atoms with Crippen LogP contribution in [0.3, 0.4) is 0 Å². The van der Waals surface area contributed by atoms with Crippen molar-refractivity contribution in [3.63, 3.8) is 0 Å². The first-order valence-electron chi connectivity index (χ1n) is 15.4. The van der Waals surface area contributed by atoms with E-state index in [0.717, 1.165) is 49.4 Å². The van der Waals surface area contributed by atoms with Gasteiger partial charge in [0, 0.05) is 38.8 Å². The maximum atomic E-state index is 14.7. The number of nitrogens with zero attached hydrogens (tertiary/aromatic N) is 3. The molecule has 0 aliphatic heterocycles. The fourth-order valence-electron chi connectivity index (χ4n) is 6.91. The van der Waals surface area contributed by atoms with E-state index in [-0.39, 0.29) is 11.1 Å². The van der Waals surface area contributed by atoms with Crippen molar-refractivity contribution in [2.24, 2.45) is 0 Å². The van der Waals surface area contributed by atoms with Crippen molar-refractivity contribution >= 4 is 65.3 Å². The molecule has 0 saturated heterocycles. The SMILES string of the molecule is CC(C)c1ccc(-n2c(=O)c3cc4c(cc3c3cc5c6ccncc6n(-c6ccccc6)c5cc3c2=O)oc2ccccc24)cc1. The third-order valence-corrected chi connectivity index (χ3v) is 9.21. The minimum Gasteiger partial charge on any atom is -0.456 e. The first-order chi connectivity index (χ1) is 22.5. The molecule has 0 aliphatic rings. The van der Waals surface area contributed by atoms with Gasteiger partial charge in [0.15, 0.2) is 0 Å². The number of pyridine rings is 1. The van der Waals surface area contributed by atoms with Crippen LogP contribution in [0.4, 0.5) is 0 Å². The maximum absolute atomic E-state index is 14.7. The summed E-state index contributed by atoms with van der Waals surface area (Å²) < 4.78 is 9.73. The van der Waals surface area contributed by atoms with Crippen molar-refractivity contribution < 1.29 is 4.42 Å². The van der Waals surface area contributed by atoms with E-state index >= 15 is 0 Å². The number of rotatable bonds is 3. The van der Waals surface area contributed by atoms with Gasteiger partial charge in [-0.05, 0) is 82.9 Å². The largest absolute Gasteiger partial charge is 0.456 e. The summed E-state index contributed by atoms with van der Waals surface area (Å²) in [6.45, 7) is 4.24. The Bertz CT molecular complexity index is 2810. The topological polar surface area (TPSA) is 70.0 Å². The third-order valence-electron chi connectivity index (χ3n) is 9.21. The Kier molecular flexibility index (Phi) is 5.59. The highest BCUT2D eigenvalue weighted by Gasteiger charge is 2.20. The molecule has 4 aromatic heterocycles. The Morgan fingerprint density at radius 3 is 2.00 bits per heavy atom. The Labute approximate surface area is 262 Å². The zero-order chi connectivity index (χ0) is 31.1. The summed E-state index contributed by atoms with van der Waals surface area (Å²) in [6.07, 6.45) is 3.64. The third kappa shape index (κ3) is 3.73. The van der Waals surface area contributed by atoms with Crippen LogP contribution in [-0.2, 0) is 0 Å². The second kappa shape index (κ2) is 9.74. The number of furan rings is 1. The molecule has 6 heteroatoms. The Balaban J connectivity index is 1.51. The van der Waals surface area contributed by atoms with Crippen LogP contribution in [-0.4, -0.2) is 14.1 Å². The normalized spacial score (nSPS) is 12.1. The smallest absolute Gasteiger partial charge is 0.266 e. The van der Waals surface area contributed by atoms with Gasteiger partial charge >= 0.3 is 0 Å². The van der Waals surface area contributed by atoms with E-state index in [1.807, 2.05) is 109 Å². The molecule has 9 rings (SSSR count). The second-order valence-electron chi connectivity index (χ2n) is 12.2. The summed E-state index contributed by atoms with van der Waals surface area (Å²) in [5, 5.41) is 5.97. The molecule has 0 N–H and O–H groups in total. The van der Waals surface area contributed by atoms with Crippen LogP contribution in [0, 0.1) is 0 Å². The van der Waals surface area contributed by atoms with Crippen molar-refractivity contribution in [1.29, 1.82) is 0 Å². The predicted octanol–water partition coefficient (Wildman–Crippen LogP) is 9.02. The maximum Gasteiger partial charge on any atom is 0.266 e. The van der Waals surface area contributed by atoms with E-state index in [1.54, 1.807) is 6.20 Å². The van der Waals surface area contributed by atoms with Crippen LogP contribution in [0.25, 0.3) is 76.7 Å². The van der Waals surface area contributed by atoms with Crippen LogP contribution in [0.5, 0.6) is 0 Å². The average molecular weight is 598 g/mol. The summed E-state index contributed by atoms with van der Waals surface area (Å²) in [5.74, 6) is 0.316. The molecule has 0 spiro atoms. The molecule has 0 saturated carbocycles. The Morgan fingerprint density at radius 2 is 1.22 bits per heavy atom.